The van der Waals surface area contributed by atoms with Crippen molar-refractivity contribution in [2.75, 3.05) is 52.5 Å². The Kier molecular flexibility index (Phi) is 7.29. The zero-order chi connectivity index (χ0) is 24.4. The standard InChI is InChI=1S/C24H26Cl2N5O4/c1-32-17-8-18(33-2)21(26)19(20(17)25)16-7-14-10-28-24(29-15-4-6-35-12-15)31-22(14)23(30-16)27-9-13-3-5-34-11-13/h7-8,10,13,15H,3-6,9,11-12H2,1-2H3,(H-,27,28,29,30,31)/q-1. The molecule has 4 heterocycles. The summed E-state index contributed by atoms with van der Waals surface area (Å²) in [6, 6.07) is 3.57. The number of aromatic nitrogens is 3. The fourth-order valence-corrected chi connectivity index (χ4v) is 4.92. The number of methoxy groups -OCH3 is 2. The number of benzene rings is 1. The van der Waals surface area contributed by atoms with Crippen molar-refractivity contribution in [1.29, 1.82) is 0 Å². The average molecular weight is 519 g/mol. The molecule has 0 spiro atoms. The molecule has 2 aliphatic heterocycles. The van der Waals surface area contributed by atoms with E-state index in [0.717, 1.165) is 24.8 Å². The molecule has 2 aromatic heterocycles. The van der Waals surface area contributed by atoms with Crippen LogP contribution < -0.4 is 14.8 Å². The maximum absolute atomic E-state index is 6.68. The summed E-state index contributed by atoms with van der Waals surface area (Å²) in [5, 5.41) is 9.56. The zero-order valence-corrected chi connectivity index (χ0v) is 21.0. The second-order valence-electron chi connectivity index (χ2n) is 8.51. The molecule has 0 saturated carbocycles. The number of nitrogens with one attached hydrogen (secondary N) is 1. The number of hydrogen-bond acceptors (Lipinski definition) is 8. The molecule has 1 aromatic carbocycles. The highest BCUT2D eigenvalue weighted by atomic mass is 35.5. The number of hydrogen-bond donors (Lipinski definition) is 1. The lowest BCUT2D eigenvalue weighted by atomic mass is 10.1. The number of rotatable bonds is 8. The summed E-state index contributed by atoms with van der Waals surface area (Å²) in [4.78, 5) is 14.1. The molecule has 11 heteroatoms. The summed E-state index contributed by atoms with van der Waals surface area (Å²) in [5.74, 6) is 2.27. The van der Waals surface area contributed by atoms with Crippen molar-refractivity contribution < 1.29 is 18.9 Å². The molecular formula is C24H26Cl2N5O4-. The smallest absolute Gasteiger partial charge is 0.141 e. The van der Waals surface area contributed by atoms with Gasteiger partial charge < -0.3 is 39.5 Å². The van der Waals surface area contributed by atoms with E-state index in [4.69, 9.17) is 52.1 Å². The Bertz CT molecular complexity index is 1190. The summed E-state index contributed by atoms with van der Waals surface area (Å²) in [6.07, 6.45) is 3.60. The SMILES string of the molecule is COc1cc(OC)c(Cl)c(-c2cc3cnc([N-]C4CCOC4)nc3c(NCC3CCOC3)n2)c1Cl. The Morgan fingerprint density at radius 2 is 1.77 bits per heavy atom. The van der Waals surface area contributed by atoms with Crippen LogP contribution in [0.3, 0.4) is 0 Å². The first-order valence-electron chi connectivity index (χ1n) is 11.5. The van der Waals surface area contributed by atoms with Gasteiger partial charge in [0.1, 0.15) is 17.3 Å². The van der Waals surface area contributed by atoms with Gasteiger partial charge in [-0.05, 0) is 30.5 Å². The normalized spacial score (nSPS) is 19.8. The predicted molar refractivity (Wildman–Crippen MR) is 136 cm³/mol. The van der Waals surface area contributed by atoms with Crippen LogP contribution in [0.15, 0.2) is 18.3 Å². The molecule has 2 saturated heterocycles. The molecule has 0 radical (unpaired) electrons. The van der Waals surface area contributed by atoms with Crippen LogP contribution in [0.2, 0.25) is 10.0 Å². The minimum absolute atomic E-state index is 0.0635. The van der Waals surface area contributed by atoms with Crippen molar-refractivity contribution in [2.24, 2.45) is 5.92 Å². The van der Waals surface area contributed by atoms with Gasteiger partial charge in [0, 0.05) is 54.8 Å². The van der Waals surface area contributed by atoms with Crippen molar-refractivity contribution in [1.82, 2.24) is 15.0 Å². The zero-order valence-electron chi connectivity index (χ0n) is 19.5. The van der Waals surface area contributed by atoms with Gasteiger partial charge in [-0.3, -0.25) is 0 Å². The molecular weight excluding hydrogens is 493 g/mol. The second kappa shape index (κ2) is 10.6. The van der Waals surface area contributed by atoms with E-state index in [-0.39, 0.29) is 6.04 Å². The van der Waals surface area contributed by atoms with Crippen LogP contribution in [0, 0.1) is 5.92 Å². The third-order valence-electron chi connectivity index (χ3n) is 6.17. The minimum Gasteiger partial charge on any atom is -0.495 e. The largest absolute Gasteiger partial charge is 0.495 e. The van der Waals surface area contributed by atoms with Crippen molar-refractivity contribution in [3.8, 4) is 22.8 Å². The highest BCUT2D eigenvalue weighted by Crippen LogP contribution is 2.46. The molecule has 2 aliphatic rings. The van der Waals surface area contributed by atoms with Gasteiger partial charge in [-0.25, -0.2) is 4.98 Å². The molecule has 2 fully saturated rings. The summed E-state index contributed by atoms with van der Waals surface area (Å²) in [6.45, 7) is 3.46. The van der Waals surface area contributed by atoms with Gasteiger partial charge >= 0.3 is 0 Å². The van der Waals surface area contributed by atoms with Gasteiger partial charge in [0.15, 0.2) is 0 Å². The first kappa shape index (κ1) is 24.1. The monoisotopic (exact) mass is 518 g/mol. The molecule has 2 atom stereocenters. The highest BCUT2D eigenvalue weighted by Gasteiger charge is 2.22. The molecule has 9 nitrogen and oxygen atoms in total. The first-order chi connectivity index (χ1) is 17.1. The van der Waals surface area contributed by atoms with Crippen LogP contribution in [0.1, 0.15) is 12.8 Å². The van der Waals surface area contributed by atoms with E-state index in [0.29, 0.717) is 82.4 Å². The fraction of sp³-hybridized carbons (Fsp3) is 0.458. The predicted octanol–water partition coefficient (Wildman–Crippen LogP) is 5.26. The average Bonchev–Trinajstić information content (AvgIpc) is 3.57. The second-order valence-corrected chi connectivity index (χ2v) is 9.26. The van der Waals surface area contributed by atoms with Crippen molar-refractivity contribution in [3.05, 3.63) is 33.7 Å². The molecule has 186 valence electrons. The number of halogens is 2. The van der Waals surface area contributed by atoms with Gasteiger partial charge in [0.2, 0.25) is 0 Å². The quantitative estimate of drug-likeness (QED) is 0.430. The van der Waals surface area contributed by atoms with E-state index in [1.165, 1.54) is 14.2 Å². The molecule has 35 heavy (non-hydrogen) atoms. The Morgan fingerprint density at radius 1 is 1.03 bits per heavy atom. The number of ether oxygens (including phenoxy) is 4. The van der Waals surface area contributed by atoms with Crippen LogP contribution in [-0.2, 0) is 9.47 Å². The number of nitrogens with zero attached hydrogens (tertiary/aromatic N) is 4. The molecule has 0 bridgehead atoms. The number of fused-ring (bicyclic) bond motifs is 1. The van der Waals surface area contributed by atoms with Crippen LogP contribution in [0.5, 0.6) is 11.5 Å². The molecule has 1 N–H and O–H groups in total. The third kappa shape index (κ3) is 5.04. The summed E-state index contributed by atoms with van der Waals surface area (Å²) < 4.78 is 21.8. The molecule has 0 amide bonds. The third-order valence-corrected chi connectivity index (χ3v) is 6.92. The van der Waals surface area contributed by atoms with E-state index in [2.05, 4.69) is 15.6 Å². The molecule has 5 rings (SSSR count). The number of pyridine rings is 1. The summed E-state index contributed by atoms with van der Waals surface area (Å²) >= 11 is 13.4. The van der Waals surface area contributed by atoms with Crippen LogP contribution in [0.4, 0.5) is 11.8 Å². The molecule has 0 aliphatic carbocycles. The van der Waals surface area contributed by atoms with Gasteiger partial charge in [-0.1, -0.05) is 23.2 Å². The number of anilines is 1. The van der Waals surface area contributed by atoms with Gasteiger partial charge in [0.25, 0.3) is 0 Å². The summed E-state index contributed by atoms with van der Waals surface area (Å²) in [7, 11) is 3.08. The highest BCUT2D eigenvalue weighted by molar-refractivity contribution is 6.41. The first-order valence-corrected chi connectivity index (χ1v) is 12.2. The van der Waals surface area contributed by atoms with Crippen molar-refractivity contribution in [3.63, 3.8) is 0 Å². The van der Waals surface area contributed by atoms with E-state index in [1.54, 1.807) is 12.3 Å². The topological polar surface area (TPSA) is 102 Å². The lowest BCUT2D eigenvalue weighted by molar-refractivity contribution is 0.187. The van der Waals surface area contributed by atoms with Crippen molar-refractivity contribution >= 4 is 45.9 Å². The van der Waals surface area contributed by atoms with Crippen LogP contribution >= 0.6 is 23.2 Å². The van der Waals surface area contributed by atoms with E-state index in [1.807, 2.05) is 6.07 Å². The Hall–Kier alpha value is -2.59. The maximum atomic E-state index is 6.68. The molecule has 2 unspecified atom stereocenters. The van der Waals surface area contributed by atoms with Gasteiger partial charge in [-0.2, -0.15) is 0 Å². The molecule has 3 aromatic rings. The van der Waals surface area contributed by atoms with E-state index < -0.39 is 0 Å². The maximum Gasteiger partial charge on any atom is 0.141 e. The minimum atomic E-state index is 0.0635. The Labute approximate surface area is 213 Å². The Morgan fingerprint density at radius 3 is 2.43 bits per heavy atom. The lowest BCUT2D eigenvalue weighted by Gasteiger charge is -2.21. The van der Waals surface area contributed by atoms with Crippen LogP contribution in [0.25, 0.3) is 27.5 Å². The van der Waals surface area contributed by atoms with Gasteiger partial charge in [-0.15, -0.1) is 0 Å². The van der Waals surface area contributed by atoms with Crippen LogP contribution in [-0.4, -0.2) is 68.2 Å². The van der Waals surface area contributed by atoms with Crippen molar-refractivity contribution in [2.45, 2.75) is 18.9 Å². The lowest BCUT2D eigenvalue weighted by Crippen LogP contribution is -2.15. The fourth-order valence-electron chi connectivity index (χ4n) is 4.23. The van der Waals surface area contributed by atoms with E-state index >= 15 is 0 Å². The van der Waals surface area contributed by atoms with Gasteiger partial charge in [0.05, 0.1) is 43.2 Å². The van der Waals surface area contributed by atoms with E-state index in [9.17, 15) is 0 Å². The Balaban J connectivity index is 1.59. The summed E-state index contributed by atoms with van der Waals surface area (Å²) in [5.41, 5.74) is 1.73.